The summed E-state index contributed by atoms with van der Waals surface area (Å²) in [5.41, 5.74) is 6.19. The minimum Gasteiger partial charge on any atom is -0.508 e. The first kappa shape index (κ1) is 28.4. The quantitative estimate of drug-likeness (QED) is 0.199. The smallest absolute Gasteiger partial charge is 0.253 e. The van der Waals surface area contributed by atoms with Gasteiger partial charge < -0.3 is 36.3 Å². The first-order valence-corrected chi connectivity index (χ1v) is 12.5. The molecule has 2 aliphatic rings. The summed E-state index contributed by atoms with van der Waals surface area (Å²) in [6, 6.07) is 4.25. The molecule has 0 saturated carbocycles. The third-order valence-corrected chi connectivity index (χ3v) is 6.22. The van der Waals surface area contributed by atoms with Gasteiger partial charge in [-0.3, -0.25) is 24.1 Å². The Kier molecular flexibility index (Phi) is 10.2. The summed E-state index contributed by atoms with van der Waals surface area (Å²) in [5, 5.41) is 17.5. The van der Waals surface area contributed by atoms with E-state index in [0.717, 1.165) is 13.1 Å². The summed E-state index contributed by atoms with van der Waals surface area (Å²) >= 11 is 0. The van der Waals surface area contributed by atoms with Crippen LogP contribution in [0.15, 0.2) is 24.3 Å². The summed E-state index contributed by atoms with van der Waals surface area (Å²) in [6.07, 6.45) is -1.44. The number of hydrogen-bond donors (Lipinski definition) is 5. The molecule has 1 aromatic rings. The second-order valence-electron chi connectivity index (χ2n) is 9.75. The van der Waals surface area contributed by atoms with Gasteiger partial charge >= 0.3 is 0 Å². The molecule has 204 valence electrons. The summed E-state index contributed by atoms with van der Waals surface area (Å²) in [7, 11) is 0. The maximum atomic E-state index is 13.0. The number of epoxide rings is 1. The Bertz CT molecular complexity index is 949. The van der Waals surface area contributed by atoms with Gasteiger partial charge in [-0.2, -0.15) is 0 Å². The summed E-state index contributed by atoms with van der Waals surface area (Å²) < 4.78 is 10.6. The van der Waals surface area contributed by atoms with Crippen LogP contribution in [0.1, 0.15) is 25.8 Å². The van der Waals surface area contributed by atoms with E-state index in [0.29, 0.717) is 38.3 Å². The predicted octanol–water partition coefficient (Wildman–Crippen LogP) is -1.35. The zero-order valence-electron chi connectivity index (χ0n) is 21.3. The molecule has 2 heterocycles. The molecule has 3 rings (SSSR count). The number of carbonyl (C=O) groups excluding carboxylic acids is 4. The van der Waals surface area contributed by atoms with Gasteiger partial charge in [0, 0.05) is 32.6 Å². The van der Waals surface area contributed by atoms with E-state index in [2.05, 4.69) is 20.9 Å². The lowest BCUT2D eigenvalue weighted by molar-refractivity contribution is -0.132. The first-order chi connectivity index (χ1) is 17.6. The van der Waals surface area contributed by atoms with Gasteiger partial charge in [0.2, 0.25) is 11.8 Å². The number of phenolic OH excluding ortho intramolecular Hbond substituents is 1. The maximum absolute atomic E-state index is 13.0. The van der Waals surface area contributed by atoms with Gasteiger partial charge in [-0.15, -0.1) is 0 Å². The number of amides is 4. The highest BCUT2D eigenvalue weighted by molar-refractivity contribution is 5.97. The fraction of sp³-hybridized carbons (Fsp3) is 0.600. The van der Waals surface area contributed by atoms with Crippen LogP contribution in [-0.2, 0) is 35.1 Å². The first-order valence-electron chi connectivity index (χ1n) is 12.5. The van der Waals surface area contributed by atoms with Gasteiger partial charge in [-0.05, 0) is 30.0 Å². The van der Waals surface area contributed by atoms with Crippen LogP contribution in [0.25, 0.3) is 0 Å². The van der Waals surface area contributed by atoms with Crippen LogP contribution < -0.4 is 21.7 Å². The minimum absolute atomic E-state index is 0.0552. The Hall–Kier alpha value is -3.22. The average molecular weight is 520 g/mol. The maximum Gasteiger partial charge on any atom is 0.253 e. The van der Waals surface area contributed by atoms with Crippen molar-refractivity contribution in [3.63, 3.8) is 0 Å². The van der Waals surface area contributed by atoms with Crippen molar-refractivity contribution in [1.82, 2.24) is 20.9 Å². The predicted molar refractivity (Wildman–Crippen MR) is 133 cm³/mol. The van der Waals surface area contributed by atoms with Crippen LogP contribution in [0.5, 0.6) is 5.75 Å². The van der Waals surface area contributed by atoms with E-state index in [-0.39, 0.29) is 24.0 Å². The van der Waals surface area contributed by atoms with Gasteiger partial charge in [0.05, 0.1) is 13.2 Å². The van der Waals surface area contributed by atoms with Crippen LogP contribution in [-0.4, -0.2) is 97.3 Å². The van der Waals surface area contributed by atoms with Crippen molar-refractivity contribution in [2.75, 3.05) is 39.4 Å². The van der Waals surface area contributed by atoms with Crippen LogP contribution in [0, 0.1) is 5.92 Å². The average Bonchev–Trinajstić information content (AvgIpc) is 3.66. The van der Waals surface area contributed by atoms with Crippen molar-refractivity contribution in [1.29, 1.82) is 0 Å². The Morgan fingerprint density at radius 2 is 1.68 bits per heavy atom. The molecule has 4 atom stereocenters. The number of phenols is 1. The molecular weight excluding hydrogens is 482 g/mol. The second kappa shape index (κ2) is 13.4. The molecule has 2 fully saturated rings. The highest BCUT2D eigenvalue weighted by atomic mass is 16.6. The number of morpholine rings is 1. The number of ether oxygens (including phenoxy) is 2. The molecule has 2 saturated heterocycles. The number of nitrogens with zero attached hydrogens (tertiary/aromatic N) is 1. The Morgan fingerprint density at radius 1 is 1.03 bits per heavy atom. The topological polar surface area (TPSA) is 176 Å². The molecule has 1 aromatic carbocycles. The highest BCUT2D eigenvalue weighted by Gasteiger charge is 2.51. The fourth-order valence-corrected chi connectivity index (χ4v) is 4.09. The van der Waals surface area contributed by atoms with Gasteiger partial charge in [0.1, 0.15) is 17.8 Å². The number of hydrogen-bond acceptors (Lipinski definition) is 8. The number of nitrogens with one attached hydrogen (secondary N) is 3. The molecule has 12 nitrogen and oxygen atoms in total. The van der Waals surface area contributed by atoms with Gasteiger partial charge in [-0.25, -0.2) is 0 Å². The number of rotatable bonds is 13. The largest absolute Gasteiger partial charge is 0.508 e. The van der Waals surface area contributed by atoms with E-state index >= 15 is 0 Å². The van der Waals surface area contributed by atoms with Crippen molar-refractivity contribution in [2.45, 2.75) is 51.0 Å². The standard InChI is InChI=1S/C25H37N5O7/c1-15(2)13-19(23(33)28-18(22(26)32)14-16-3-5-17(31)6-4-16)29-25(35)21-20(37-21)24(34)27-7-8-30-9-11-36-12-10-30/h3-6,15,18-21,31H,7-14H2,1-2H3,(H2,26,32)(H,27,34)(H,28,33)(H,29,35)/t18-,19-,20+,21+/m0/s1. The van der Waals surface area contributed by atoms with Crippen molar-refractivity contribution >= 4 is 23.6 Å². The van der Waals surface area contributed by atoms with E-state index in [1.807, 2.05) is 13.8 Å². The summed E-state index contributed by atoms with van der Waals surface area (Å²) in [4.78, 5) is 52.3. The van der Waals surface area contributed by atoms with Gasteiger partial charge in [0.25, 0.3) is 11.8 Å². The van der Waals surface area contributed by atoms with Crippen LogP contribution in [0.3, 0.4) is 0 Å². The van der Waals surface area contributed by atoms with E-state index in [1.54, 1.807) is 12.1 Å². The number of nitrogens with two attached hydrogens (primary N) is 1. The lowest BCUT2D eigenvalue weighted by Crippen LogP contribution is -2.54. The summed E-state index contributed by atoms with van der Waals surface area (Å²) in [5.74, 6) is -2.09. The van der Waals surface area contributed by atoms with Crippen molar-refractivity contribution in [3.05, 3.63) is 29.8 Å². The van der Waals surface area contributed by atoms with Crippen LogP contribution >= 0.6 is 0 Å². The molecule has 0 aliphatic carbocycles. The number of benzene rings is 1. The Balaban J connectivity index is 1.50. The van der Waals surface area contributed by atoms with Crippen molar-refractivity contribution in [2.24, 2.45) is 11.7 Å². The zero-order valence-corrected chi connectivity index (χ0v) is 21.3. The minimum atomic E-state index is -1.01. The molecule has 0 bridgehead atoms. The van der Waals surface area contributed by atoms with E-state index < -0.39 is 42.0 Å². The van der Waals surface area contributed by atoms with Crippen LogP contribution in [0.2, 0.25) is 0 Å². The number of aromatic hydroxyl groups is 1. The SMILES string of the molecule is CC(C)C[C@H](NC(=O)[C@@H]1O[C@H]1C(=O)NCCN1CCOCC1)C(=O)N[C@@H](Cc1ccc(O)cc1)C(N)=O. The molecular formula is C25H37N5O7. The lowest BCUT2D eigenvalue weighted by atomic mass is 10.0. The Labute approximate surface area is 216 Å². The number of carbonyl (C=O) groups is 4. The number of primary amides is 1. The lowest BCUT2D eigenvalue weighted by Gasteiger charge is -2.26. The molecule has 12 heteroatoms. The van der Waals surface area contributed by atoms with Gasteiger partial charge in [0.15, 0.2) is 12.2 Å². The second-order valence-corrected chi connectivity index (χ2v) is 9.75. The molecule has 0 radical (unpaired) electrons. The van der Waals surface area contributed by atoms with Crippen molar-refractivity contribution in [3.8, 4) is 5.75 Å². The molecule has 0 aromatic heterocycles. The molecule has 0 spiro atoms. The fourth-order valence-electron chi connectivity index (χ4n) is 4.09. The normalized spacial score (nSPS) is 21.1. The Morgan fingerprint density at radius 3 is 2.30 bits per heavy atom. The molecule has 4 amide bonds. The monoisotopic (exact) mass is 519 g/mol. The third-order valence-electron chi connectivity index (χ3n) is 6.22. The molecule has 0 unspecified atom stereocenters. The molecule has 2 aliphatic heterocycles. The third kappa shape index (κ3) is 8.99. The van der Waals surface area contributed by atoms with E-state index in [4.69, 9.17) is 15.2 Å². The molecule has 37 heavy (non-hydrogen) atoms. The van der Waals surface area contributed by atoms with Crippen LogP contribution in [0.4, 0.5) is 0 Å². The summed E-state index contributed by atoms with van der Waals surface area (Å²) in [6.45, 7) is 7.87. The zero-order chi connectivity index (χ0) is 26.9. The highest BCUT2D eigenvalue weighted by Crippen LogP contribution is 2.23. The van der Waals surface area contributed by atoms with Gasteiger partial charge in [-0.1, -0.05) is 26.0 Å². The van der Waals surface area contributed by atoms with Crippen molar-refractivity contribution < 1.29 is 33.8 Å². The van der Waals surface area contributed by atoms with E-state index in [9.17, 15) is 24.3 Å². The molecule has 6 N–H and O–H groups in total. The van der Waals surface area contributed by atoms with E-state index in [1.165, 1.54) is 12.1 Å².